The lowest BCUT2D eigenvalue weighted by Gasteiger charge is -2.26. The van der Waals surface area contributed by atoms with Gasteiger partial charge in [-0.25, -0.2) is 4.98 Å². The van der Waals surface area contributed by atoms with E-state index in [-0.39, 0.29) is 5.41 Å². The van der Waals surface area contributed by atoms with Crippen molar-refractivity contribution in [3.05, 3.63) is 12.2 Å². The quantitative estimate of drug-likeness (QED) is 0.572. The highest BCUT2D eigenvalue weighted by molar-refractivity contribution is 5.03. The zero-order valence-corrected chi connectivity index (χ0v) is 13.0. The second-order valence-electron chi connectivity index (χ2n) is 6.00. The van der Waals surface area contributed by atoms with Crippen LogP contribution >= 0.6 is 0 Å². The van der Waals surface area contributed by atoms with Crippen LogP contribution in [-0.2, 0) is 5.41 Å². The number of nitrogens with zero attached hydrogens (tertiary/aromatic N) is 2. The molecule has 0 unspecified atom stereocenters. The minimum atomic E-state index is 0.168. The van der Waals surface area contributed by atoms with E-state index in [1.165, 1.54) is 64.2 Å². The van der Waals surface area contributed by atoms with Crippen molar-refractivity contribution in [2.45, 2.75) is 90.4 Å². The predicted molar refractivity (Wildman–Crippen MR) is 81.3 cm³/mol. The summed E-state index contributed by atoms with van der Waals surface area (Å²) in [5.41, 5.74) is 0.168. The summed E-state index contributed by atoms with van der Waals surface area (Å²) >= 11 is 0. The summed E-state index contributed by atoms with van der Waals surface area (Å²) in [6, 6.07) is 0. The normalized spacial score (nSPS) is 11.9. The van der Waals surface area contributed by atoms with E-state index in [2.05, 4.69) is 36.0 Å². The van der Waals surface area contributed by atoms with Gasteiger partial charge in [0.2, 0.25) is 0 Å². The Morgan fingerprint density at radius 2 is 1.53 bits per heavy atom. The zero-order valence-electron chi connectivity index (χ0n) is 13.0. The Morgan fingerprint density at radius 3 is 1.95 bits per heavy atom. The van der Waals surface area contributed by atoms with Crippen LogP contribution in [0.5, 0.6) is 0 Å². The van der Waals surface area contributed by atoms with Crippen LogP contribution in [0.25, 0.3) is 0 Å². The Morgan fingerprint density at radius 1 is 0.947 bits per heavy atom. The van der Waals surface area contributed by atoms with Crippen molar-refractivity contribution >= 4 is 0 Å². The second-order valence-corrected chi connectivity index (χ2v) is 6.00. The third-order valence-electron chi connectivity index (χ3n) is 4.12. The lowest BCUT2D eigenvalue weighted by molar-refractivity contribution is 0.347. The maximum absolute atomic E-state index is 4.42. The molecule has 1 aromatic heterocycles. The summed E-state index contributed by atoms with van der Waals surface area (Å²) in [7, 11) is 0. The van der Waals surface area contributed by atoms with Crippen LogP contribution < -0.4 is 0 Å². The highest BCUT2D eigenvalue weighted by Crippen LogP contribution is 2.33. The summed E-state index contributed by atoms with van der Waals surface area (Å²) < 4.78 is 0. The van der Waals surface area contributed by atoms with E-state index in [4.69, 9.17) is 0 Å². The molecule has 0 atom stereocenters. The molecular weight excluding hydrogens is 234 g/mol. The Bertz CT molecular complexity index is 294. The molecule has 3 heteroatoms. The van der Waals surface area contributed by atoms with Gasteiger partial charge in [-0.15, -0.1) is 0 Å². The molecule has 1 N–H and O–H groups in total. The van der Waals surface area contributed by atoms with Crippen LogP contribution in [-0.4, -0.2) is 15.2 Å². The van der Waals surface area contributed by atoms with E-state index in [0.29, 0.717) is 0 Å². The van der Waals surface area contributed by atoms with E-state index in [1.807, 2.05) is 0 Å². The third-order valence-corrected chi connectivity index (χ3v) is 4.12. The molecule has 0 spiro atoms. The first-order valence-corrected chi connectivity index (χ1v) is 8.09. The van der Waals surface area contributed by atoms with Crippen molar-refractivity contribution in [2.24, 2.45) is 0 Å². The first-order valence-electron chi connectivity index (χ1n) is 8.09. The van der Waals surface area contributed by atoms with Crippen LogP contribution in [0.2, 0.25) is 0 Å². The number of unbranched alkanes of at least 4 members (excludes halogenated alkanes) is 6. The molecule has 0 aliphatic carbocycles. The lowest BCUT2D eigenvalue weighted by Crippen LogP contribution is -2.24. The van der Waals surface area contributed by atoms with Crippen LogP contribution in [0, 0.1) is 0 Å². The number of nitrogens with one attached hydrogen (secondary N) is 1. The average Bonchev–Trinajstić information content (AvgIpc) is 2.95. The van der Waals surface area contributed by atoms with Gasteiger partial charge in [0.25, 0.3) is 0 Å². The average molecular weight is 265 g/mol. The molecule has 0 saturated carbocycles. The van der Waals surface area contributed by atoms with Gasteiger partial charge in [0.1, 0.15) is 6.33 Å². The Balaban J connectivity index is 2.47. The van der Waals surface area contributed by atoms with Crippen molar-refractivity contribution in [1.82, 2.24) is 15.2 Å². The zero-order chi connectivity index (χ0) is 14.0. The first kappa shape index (κ1) is 16.2. The van der Waals surface area contributed by atoms with Gasteiger partial charge in [-0.2, -0.15) is 5.10 Å². The highest BCUT2D eigenvalue weighted by atomic mass is 15.2. The summed E-state index contributed by atoms with van der Waals surface area (Å²) in [5, 5.41) is 7.23. The van der Waals surface area contributed by atoms with Crippen LogP contribution in [0.4, 0.5) is 0 Å². The van der Waals surface area contributed by atoms with Crippen molar-refractivity contribution in [2.75, 3.05) is 0 Å². The number of rotatable bonds is 11. The lowest BCUT2D eigenvalue weighted by atomic mass is 9.79. The molecule has 0 fully saturated rings. The second kappa shape index (κ2) is 9.11. The summed E-state index contributed by atoms with van der Waals surface area (Å²) in [6.45, 7) is 6.87. The van der Waals surface area contributed by atoms with E-state index in [0.717, 1.165) is 5.82 Å². The predicted octanol–water partition coefficient (Wildman–Crippen LogP) is 5.00. The Kier molecular flexibility index (Phi) is 7.76. The molecule has 110 valence electrons. The maximum Gasteiger partial charge on any atom is 0.156 e. The van der Waals surface area contributed by atoms with Crippen molar-refractivity contribution < 1.29 is 0 Å². The van der Waals surface area contributed by atoms with Crippen LogP contribution in [0.1, 0.15) is 90.8 Å². The molecule has 0 aliphatic heterocycles. The molecule has 3 nitrogen and oxygen atoms in total. The molecule has 0 amide bonds. The van der Waals surface area contributed by atoms with Gasteiger partial charge in [-0.05, 0) is 12.8 Å². The fourth-order valence-electron chi connectivity index (χ4n) is 2.73. The number of hydrogen-bond donors (Lipinski definition) is 1. The number of hydrogen-bond acceptors (Lipinski definition) is 2. The fourth-order valence-corrected chi connectivity index (χ4v) is 2.73. The molecule has 0 saturated heterocycles. The number of aromatic nitrogens is 3. The van der Waals surface area contributed by atoms with Crippen LogP contribution in [0.15, 0.2) is 6.33 Å². The minimum absolute atomic E-state index is 0.168. The standard InChI is InChI=1S/C16H31N3/c1-4-6-8-10-12-16(3,13-11-9-7-5-2)15-17-14-18-19-15/h14H,4-13H2,1-3H3,(H,17,18,19). The Hall–Kier alpha value is -0.860. The number of H-pyrrole nitrogens is 1. The SMILES string of the molecule is CCCCCCC(C)(CCCCCC)c1nc[nH]n1. The highest BCUT2D eigenvalue weighted by Gasteiger charge is 2.29. The molecular formula is C16H31N3. The van der Waals surface area contributed by atoms with Gasteiger partial charge in [-0.3, -0.25) is 5.10 Å². The summed E-state index contributed by atoms with van der Waals surface area (Å²) in [6.07, 6.45) is 14.7. The molecule has 1 rings (SSSR count). The van der Waals surface area contributed by atoms with E-state index in [1.54, 1.807) is 6.33 Å². The fraction of sp³-hybridized carbons (Fsp3) is 0.875. The van der Waals surface area contributed by atoms with Crippen LogP contribution in [0.3, 0.4) is 0 Å². The van der Waals surface area contributed by atoms with Crippen molar-refractivity contribution in [3.63, 3.8) is 0 Å². The Labute approximate surface area is 118 Å². The maximum atomic E-state index is 4.42. The monoisotopic (exact) mass is 265 g/mol. The first-order chi connectivity index (χ1) is 9.23. The van der Waals surface area contributed by atoms with Gasteiger partial charge in [0.05, 0.1) is 0 Å². The van der Waals surface area contributed by atoms with Crippen molar-refractivity contribution in [3.8, 4) is 0 Å². The molecule has 0 aromatic carbocycles. The molecule has 0 aliphatic rings. The van der Waals surface area contributed by atoms with Gasteiger partial charge >= 0.3 is 0 Å². The largest absolute Gasteiger partial charge is 0.266 e. The van der Waals surface area contributed by atoms with Gasteiger partial charge in [0, 0.05) is 5.41 Å². The molecule has 1 aromatic rings. The van der Waals surface area contributed by atoms with Gasteiger partial charge in [-0.1, -0.05) is 72.1 Å². The third kappa shape index (κ3) is 5.75. The van der Waals surface area contributed by atoms with Gasteiger partial charge < -0.3 is 0 Å². The van der Waals surface area contributed by atoms with Crippen molar-refractivity contribution in [1.29, 1.82) is 0 Å². The topological polar surface area (TPSA) is 41.6 Å². The molecule has 19 heavy (non-hydrogen) atoms. The molecule has 1 heterocycles. The number of aromatic amines is 1. The summed E-state index contributed by atoms with van der Waals surface area (Å²) in [5.74, 6) is 1.01. The smallest absolute Gasteiger partial charge is 0.156 e. The minimum Gasteiger partial charge on any atom is -0.266 e. The van der Waals surface area contributed by atoms with E-state index >= 15 is 0 Å². The van der Waals surface area contributed by atoms with Gasteiger partial charge in [0.15, 0.2) is 5.82 Å². The van der Waals surface area contributed by atoms with E-state index in [9.17, 15) is 0 Å². The molecule has 0 bridgehead atoms. The molecule has 0 radical (unpaired) electrons. The summed E-state index contributed by atoms with van der Waals surface area (Å²) in [4.78, 5) is 4.42. The van der Waals surface area contributed by atoms with E-state index < -0.39 is 0 Å².